The number of rotatable bonds is 6. The van der Waals surface area contributed by atoms with E-state index in [1.165, 1.54) is 0 Å². The molecule has 0 heterocycles. The van der Waals surface area contributed by atoms with Crippen molar-refractivity contribution in [3.05, 3.63) is 35.4 Å². The first-order chi connectivity index (χ1) is 8.13. The van der Waals surface area contributed by atoms with Crippen LogP contribution in [0.1, 0.15) is 32.3 Å². The van der Waals surface area contributed by atoms with Crippen LogP contribution in [0.5, 0.6) is 5.75 Å². The lowest BCUT2D eigenvalue weighted by atomic mass is 10.1. The minimum Gasteiger partial charge on any atom is -0.494 e. The molecule has 17 heavy (non-hydrogen) atoms. The van der Waals surface area contributed by atoms with Gasteiger partial charge in [0.25, 0.3) is 0 Å². The van der Waals surface area contributed by atoms with E-state index in [2.05, 4.69) is 6.92 Å². The van der Waals surface area contributed by atoms with Crippen molar-refractivity contribution in [3.63, 3.8) is 0 Å². The van der Waals surface area contributed by atoms with Crippen molar-refractivity contribution in [1.29, 1.82) is 0 Å². The third-order valence-electron chi connectivity index (χ3n) is 2.37. The van der Waals surface area contributed by atoms with Gasteiger partial charge in [-0.25, -0.2) is 4.79 Å². The first-order valence-corrected chi connectivity index (χ1v) is 5.78. The highest BCUT2D eigenvalue weighted by molar-refractivity contribution is 5.91. The standard InChI is InChI=1S/C14H18O3/c1-3-4-9-17-13-7-5-12(6-8-13)10-11(2)14(15)16/h5-8,10H,3-4,9H2,1-2H3,(H,15,16)/b11-10+. The summed E-state index contributed by atoms with van der Waals surface area (Å²) in [5.41, 5.74) is 1.19. The van der Waals surface area contributed by atoms with Crippen LogP contribution in [0.3, 0.4) is 0 Å². The maximum atomic E-state index is 10.7. The number of carbonyl (C=O) groups is 1. The second-order valence-corrected chi connectivity index (χ2v) is 3.90. The maximum absolute atomic E-state index is 10.7. The van der Waals surface area contributed by atoms with Gasteiger partial charge >= 0.3 is 5.97 Å². The van der Waals surface area contributed by atoms with Gasteiger partial charge in [0, 0.05) is 5.57 Å². The predicted octanol–water partition coefficient (Wildman–Crippen LogP) is 3.35. The molecule has 0 aliphatic carbocycles. The smallest absolute Gasteiger partial charge is 0.331 e. The summed E-state index contributed by atoms with van der Waals surface area (Å²) < 4.78 is 5.52. The third kappa shape index (κ3) is 4.72. The van der Waals surface area contributed by atoms with Gasteiger partial charge in [-0.1, -0.05) is 25.5 Å². The fraction of sp³-hybridized carbons (Fsp3) is 0.357. The molecule has 1 aromatic rings. The van der Waals surface area contributed by atoms with E-state index in [0.717, 1.165) is 30.8 Å². The molecule has 0 unspecified atom stereocenters. The van der Waals surface area contributed by atoms with Crippen molar-refractivity contribution in [2.45, 2.75) is 26.7 Å². The summed E-state index contributed by atoms with van der Waals surface area (Å²) >= 11 is 0. The predicted molar refractivity (Wildman–Crippen MR) is 68.1 cm³/mol. The molecule has 0 radical (unpaired) electrons. The SMILES string of the molecule is CCCCOc1ccc(/C=C(\C)C(=O)O)cc1. The van der Waals surface area contributed by atoms with Crippen LogP contribution in [0.2, 0.25) is 0 Å². The van der Waals surface area contributed by atoms with E-state index in [1.807, 2.05) is 24.3 Å². The zero-order chi connectivity index (χ0) is 12.7. The average molecular weight is 234 g/mol. The highest BCUT2D eigenvalue weighted by Crippen LogP contribution is 2.15. The second kappa shape index (κ2) is 6.74. The van der Waals surface area contributed by atoms with E-state index in [1.54, 1.807) is 13.0 Å². The largest absolute Gasteiger partial charge is 0.494 e. The Kier molecular flexibility index (Phi) is 5.27. The summed E-state index contributed by atoms with van der Waals surface area (Å²) in [5, 5.41) is 8.75. The Morgan fingerprint density at radius 1 is 1.35 bits per heavy atom. The number of aliphatic carboxylic acids is 1. The van der Waals surface area contributed by atoms with Crippen molar-refractivity contribution in [3.8, 4) is 5.75 Å². The van der Waals surface area contributed by atoms with Gasteiger partial charge in [-0.3, -0.25) is 0 Å². The molecular weight excluding hydrogens is 216 g/mol. The third-order valence-corrected chi connectivity index (χ3v) is 2.37. The Bertz CT molecular complexity index is 390. The molecule has 0 saturated carbocycles. The summed E-state index contributed by atoms with van der Waals surface area (Å²) in [5.74, 6) is -0.0724. The molecule has 1 N–H and O–H groups in total. The zero-order valence-corrected chi connectivity index (χ0v) is 10.3. The van der Waals surface area contributed by atoms with Crippen LogP contribution in [0.25, 0.3) is 6.08 Å². The van der Waals surface area contributed by atoms with Gasteiger partial charge in [-0.2, -0.15) is 0 Å². The van der Waals surface area contributed by atoms with Gasteiger partial charge in [0.15, 0.2) is 0 Å². The highest BCUT2D eigenvalue weighted by atomic mass is 16.5. The monoisotopic (exact) mass is 234 g/mol. The second-order valence-electron chi connectivity index (χ2n) is 3.90. The number of ether oxygens (including phenoxy) is 1. The van der Waals surface area contributed by atoms with E-state index in [9.17, 15) is 4.79 Å². The topological polar surface area (TPSA) is 46.5 Å². The zero-order valence-electron chi connectivity index (χ0n) is 10.3. The Hall–Kier alpha value is -1.77. The van der Waals surface area contributed by atoms with Gasteiger partial charge in [-0.15, -0.1) is 0 Å². The van der Waals surface area contributed by atoms with Gasteiger partial charge in [0.2, 0.25) is 0 Å². The summed E-state index contributed by atoms with van der Waals surface area (Å²) in [4.78, 5) is 10.7. The molecule has 0 aromatic heterocycles. The summed E-state index contributed by atoms with van der Waals surface area (Å²) in [6.07, 6.45) is 3.79. The normalized spacial score (nSPS) is 11.3. The lowest BCUT2D eigenvalue weighted by molar-refractivity contribution is -0.132. The minimum atomic E-state index is -0.895. The van der Waals surface area contributed by atoms with Crippen LogP contribution in [0.15, 0.2) is 29.8 Å². The van der Waals surface area contributed by atoms with Crippen LogP contribution >= 0.6 is 0 Å². The summed E-state index contributed by atoms with van der Waals surface area (Å²) in [7, 11) is 0. The van der Waals surface area contributed by atoms with Gasteiger partial charge in [0.05, 0.1) is 6.61 Å². The van der Waals surface area contributed by atoms with Crippen molar-refractivity contribution >= 4 is 12.0 Å². The molecule has 0 bridgehead atoms. The van der Waals surface area contributed by atoms with E-state index in [0.29, 0.717) is 5.57 Å². The number of benzene rings is 1. The molecule has 3 heteroatoms. The van der Waals surface area contributed by atoms with Gasteiger partial charge in [0.1, 0.15) is 5.75 Å². The number of hydrogen-bond donors (Lipinski definition) is 1. The fourth-order valence-corrected chi connectivity index (χ4v) is 1.31. The number of carboxylic acid groups (broad SMARTS) is 1. The molecule has 0 amide bonds. The molecule has 92 valence electrons. The van der Waals surface area contributed by atoms with Crippen molar-refractivity contribution in [1.82, 2.24) is 0 Å². The van der Waals surface area contributed by atoms with Crippen LogP contribution in [-0.4, -0.2) is 17.7 Å². The summed E-state index contributed by atoms with van der Waals surface area (Å²) in [6.45, 7) is 4.42. The van der Waals surface area contributed by atoms with E-state index in [4.69, 9.17) is 9.84 Å². The quantitative estimate of drug-likeness (QED) is 0.606. The first-order valence-electron chi connectivity index (χ1n) is 5.78. The fourth-order valence-electron chi connectivity index (χ4n) is 1.31. The first kappa shape index (κ1) is 13.3. The molecule has 0 saturated heterocycles. The van der Waals surface area contributed by atoms with Gasteiger partial charge in [-0.05, 0) is 37.1 Å². The van der Waals surface area contributed by atoms with E-state index in [-0.39, 0.29) is 0 Å². The molecule has 0 aliphatic heterocycles. The molecule has 0 atom stereocenters. The van der Waals surface area contributed by atoms with Crippen LogP contribution in [-0.2, 0) is 4.79 Å². The number of hydrogen-bond acceptors (Lipinski definition) is 2. The Labute approximate surface area is 102 Å². The molecule has 0 fully saturated rings. The molecular formula is C14H18O3. The average Bonchev–Trinajstić information content (AvgIpc) is 2.31. The highest BCUT2D eigenvalue weighted by Gasteiger charge is 2.00. The lowest BCUT2D eigenvalue weighted by Crippen LogP contribution is -1.97. The van der Waals surface area contributed by atoms with E-state index >= 15 is 0 Å². The van der Waals surface area contributed by atoms with Crippen LogP contribution in [0, 0.1) is 0 Å². The van der Waals surface area contributed by atoms with Crippen molar-refractivity contribution in [2.24, 2.45) is 0 Å². The minimum absolute atomic E-state index is 0.324. The number of carboxylic acids is 1. The lowest BCUT2D eigenvalue weighted by Gasteiger charge is -2.05. The Morgan fingerprint density at radius 3 is 2.53 bits per heavy atom. The molecule has 0 aliphatic rings. The van der Waals surface area contributed by atoms with Crippen LogP contribution < -0.4 is 4.74 Å². The van der Waals surface area contributed by atoms with Gasteiger partial charge < -0.3 is 9.84 Å². The van der Waals surface area contributed by atoms with Crippen molar-refractivity contribution in [2.75, 3.05) is 6.61 Å². The molecule has 3 nitrogen and oxygen atoms in total. The molecule has 0 spiro atoms. The Morgan fingerprint density at radius 2 is 2.00 bits per heavy atom. The molecule has 1 rings (SSSR count). The van der Waals surface area contributed by atoms with E-state index < -0.39 is 5.97 Å². The van der Waals surface area contributed by atoms with Crippen LogP contribution in [0.4, 0.5) is 0 Å². The maximum Gasteiger partial charge on any atom is 0.331 e. The molecule has 1 aromatic carbocycles. The number of unbranched alkanes of at least 4 members (excludes halogenated alkanes) is 1. The Balaban J connectivity index is 2.62. The van der Waals surface area contributed by atoms with Crippen molar-refractivity contribution < 1.29 is 14.6 Å². The summed E-state index contributed by atoms with van der Waals surface area (Å²) in [6, 6.07) is 7.43.